The van der Waals surface area contributed by atoms with E-state index >= 15 is 0 Å². The lowest BCUT2D eigenvalue weighted by molar-refractivity contribution is 0.259. The molecule has 0 saturated heterocycles. The zero-order chi connectivity index (χ0) is 23.5. The lowest BCUT2D eigenvalue weighted by Crippen LogP contribution is -2.26. The van der Waals surface area contributed by atoms with Crippen LogP contribution in [0, 0.1) is 0 Å². The van der Waals surface area contributed by atoms with Crippen LogP contribution >= 0.6 is 11.3 Å². The normalized spacial score (nSPS) is 15.8. The van der Waals surface area contributed by atoms with Crippen molar-refractivity contribution < 1.29 is 9.47 Å². The Morgan fingerprint density at radius 2 is 1.94 bits per heavy atom. The standard InChI is InChI=1S/C27H27N3O3S/c1-3-4-5-8-15-32-22-13-11-19(12-14-22)25-28-27-30(29-25)26(31)24(34-27)17-21-16-20-9-6-7-10-23(20)33-18(21)2/h6-7,9-14,16-18H,3-5,8,15H2,1-2H3/b24-17-. The maximum atomic E-state index is 13.0. The third-order valence-corrected chi connectivity index (χ3v) is 6.83. The van der Waals surface area contributed by atoms with E-state index in [2.05, 4.69) is 23.1 Å². The third-order valence-electron chi connectivity index (χ3n) is 5.87. The molecule has 7 heteroatoms. The summed E-state index contributed by atoms with van der Waals surface area (Å²) in [6.07, 6.45) is 8.53. The molecule has 2 aromatic heterocycles. The second-order valence-corrected chi connectivity index (χ2v) is 9.43. The molecular formula is C27H27N3O3S. The fourth-order valence-electron chi connectivity index (χ4n) is 3.95. The van der Waals surface area contributed by atoms with Crippen LogP contribution in [0.3, 0.4) is 0 Å². The Labute approximate surface area is 202 Å². The van der Waals surface area contributed by atoms with Crippen molar-refractivity contribution in [1.82, 2.24) is 14.6 Å². The third kappa shape index (κ3) is 4.61. The van der Waals surface area contributed by atoms with Gasteiger partial charge < -0.3 is 9.47 Å². The van der Waals surface area contributed by atoms with Gasteiger partial charge in [0.05, 0.1) is 11.1 Å². The number of hydrogen-bond acceptors (Lipinski definition) is 6. The van der Waals surface area contributed by atoms with Gasteiger partial charge in [0.1, 0.15) is 17.6 Å². The number of rotatable bonds is 8. The van der Waals surface area contributed by atoms with Gasteiger partial charge in [0.2, 0.25) is 4.96 Å². The SMILES string of the molecule is CCCCCCOc1ccc(-c2nc3s/c(=C\C4=Cc5ccccc5OC4C)c(=O)n3n2)cc1. The largest absolute Gasteiger partial charge is 0.494 e. The highest BCUT2D eigenvalue weighted by Gasteiger charge is 2.18. The molecule has 0 N–H and O–H groups in total. The fourth-order valence-corrected chi connectivity index (χ4v) is 4.86. The number of hydrogen-bond donors (Lipinski definition) is 0. The van der Waals surface area contributed by atoms with E-state index in [1.54, 1.807) is 0 Å². The highest BCUT2D eigenvalue weighted by molar-refractivity contribution is 7.15. The lowest BCUT2D eigenvalue weighted by Gasteiger charge is -2.22. The van der Waals surface area contributed by atoms with Crippen LogP contribution in [0.5, 0.6) is 11.5 Å². The van der Waals surface area contributed by atoms with E-state index in [9.17, 15) is 4.79 Å². The molecule has 0 radical (unpaired) electrons. The summed E-state index contributed by atoms with van der Waals surface area (Å²) in [5.74, 6) is 2.22. The Morgan fingerprint density at radius 3 is 2.74 bits per heavy atom. The molecule has 6 nitrogen and oxygen atoms in total. The van der Waals surface area contributed by atoms with Crippen molar-refractivity contribution in [3.8, 4) is 22.9 Å². The van der Waals surface area contributed by atoms with Gasteiger partial charge in [-0.3, -0.25) is 4.79 Å². The van der Waals surface area contributed by atoms with E-state index in [-0.39, 0.29) is 11.7 Å². The molecule has 0 aliphatic carbocycles. The summed E-state index contributed by atoms with van der Waals surface area (Å²) in [7, 11) is 0. The summed E-state index contributed by atoms with van der Waals surface area (Å²) < 4.78 is 13.8. The molecule has 0 spiro atoms. The molecular weight excluding hydrogens is 446 g/mol. The van der Waals surface area contributed by atoms with Gasteiger partial charge >= 0.3 is 0 Å². The summed E-state index contributed by atoms with van der Waals surface area (Å²) in [5.41, 5.74) is 2.64. The van der Waals surface area contributed by atoms with Crippen LogP contribution in [0.4, 0.5) is 0 Å². The lowest BCUT2D eigenvalue weighted by atomic mass is 10.0. The minimum Gasteiger partial charge on any atom is -0.494 e. The first kappa shape index (κ1) is 22.3. The van der Waals surface area contributed by atoms with Crippen LogP contribution in [-0.2, 0) is 0 Å². The van der Waals surface area contributed by atoms with E-state index in [0.717, 1.165) is 41.2 Å². The van der Waals surface area contributed by atoms with Crippen LogP contribution in [0.1, 0.15) is 45.1 Å². The highest BCUT2D eigenvalue weighted by Crippen LogP contribution is 2.29. The molecule has 1 unspecified atom stereocenters. The molecule has 34 heavy (non-hydrogen) atoms. The average molecular weight is 474 g/mol. The predicted octanol–water partition coefficient (Wildman–Crippen LogP) is 5.14. The van der Waals surface area contributed by atoms with Gasteiger partial charge in [0, 0.05) is 11.1 Å². The van der Waals surface area contributed by atoms with Gasteiger partial charge in [-0.1, -0.05) is 55.7 Å². The number of unbranched alkanes of at least 4 members (excludes halogenated alkanes) is 3. The molecule has 174 valence electrons. The first-order valence-electron chi connectivity index (χ1n) is 11.7. The van der Waals surface area contributed by atoms with E-state index in [1.807, 2.05) is 61.5 Å². The molecule has 3 heterocycles. The summed E-state index contributed by atoms with van der Waals surface area (Å²) in [4.78, 5) is 18.2. The number of thiazole rings is 1. The first-order valence-corrected chi connectivity index (χ1v) is 12.6. The Morgan fingerprint density at radius 1 is 1.12 bits per heavy atom. The van der Waals surface area contributed by atoms with Gasteiger partial charge in [0.25, 0.3) is 5.56 Å². The quantitative estimate of drug-likeness (QED) is 0.332. The van der Waals surface area contributed by atoms with Gasteiger partial charge in [-0.2, -0.15) is 9.50 Å². The van der Waals surface area contributed by atoms with Crippen molar-refractivity contribution in [3.05, 3.63) is 74.6 Å². The second kappa shape index (κ2) is 9.81. The van der Waals surface area contributed by atoms with Crippen molar-refractivity contribution in [2.45, 2.75) is 45.6 Å². The molecule has 5 rings (SSSR count). The van der Waals surface area contributed by atoms with Gasteiger partial charge in [-0.25, -0.2) is 0 Å². The minimum absolute atomic E-state index is 0.139. The molecule has 0 bridgehead atoms. The molecule has 1 atom stereocenters. The smallest absolute Gasteiger partial charge is 0.291 e. The number of aromatic nitrogens is 3. The van der Waals surface area contributed by atoms with Crippen molar-refractivity contribution in [3.63, 3.8) is 0 Å². The highest BCUT2D eigenvalue weighted by atomic mass is 32.1. The predicted molar refractivity (Wildman–Crippen MR) is 136 cm³/mol. The Balaban J connectivity index is 1.35. The van der Waals surface area contributed by atoms with Crippen LogP contribution in [0.25, 0.3) is 28.5 Å². The number of fused-ring (bicyclic) bond motifs is 2. The number of para-hydroxylation sites is 1. The molecule has 0 amide bonds. The average Bonchev–Trinajstić information content (AvgIpc) is 3.39. The number of nitrogens with zero attached hydrogens (tertiary/aromatic N) is 3. The van der Waals surface area contributed by atoms with Gasteiger partial charge in [-0.15, -0.1) is 5.10 Å². The summed E-state index contributed by atoms with van der Waals surface area (Å²) in [6.45, 7) is 4.91. The van der Waals surface area contributed by atoms with Crippen molar-refractivity contribution in [1.29, 1.82) is 0 Å². The zero-order valence-corrected chi connectivity index (χ0v) is 20.2. The Hall–Kier alpha value is -3.45. The van der Waals surface area contributed by atoms with Crippen LogP contribution in [0.15, 0.2) is 58.9 Å². The van der Waals surface area contributed by atoms with E-state index in [1.165, 1.54) is 35.1 Å². The second-order valence-electron chi connectivity index (χ2n) is 8.42. The molecule has 1 aliphatic rings. The van der Waals surface area contributed by atoms with E-state index in [0.29, 0.717) is 15.3 Å². The number of benzene rings is 2. The maximum absolute atomic E-state index is 13.0. The Kier molecular flexibility index (Phi) is 6.45. The van der Waals surface area contributed by atoms with Crippen LogP contribution in [0.2, 0.25) is 0 Å². The molecule has 0 saturated carbocycles. The molecule has 0 fully saturated rings. The molecule has 1 aliphatic heterocycles. The van der Waals surface area contributed by atoms with Crippen LogP contribution in [-0.4, -0.2) is 27.3 Å². The summed E-state index contributed by atoms with van der Waals surface area (Å²) >= 11 is 1.34. The van der Waals surface area contributed by atoms with Crippen molar-refractivity contribution in [2.24, 2.45) is 0 Å². The minimum atomic E-state index is -0.169. The topological polar surface area (TPSA) is 65.7 Å². The summed E-state index contributed by atoms with van der Waals surface area (Å²) in [5, 5.41) is 4.47. The molecule has 2 aromatic carbocycles. The monoisotopic (exact) mass is 473 g/mol. The fraction of sp³-hybridized carbons (Fsp3) is 0.296. The van der Waals surface area contributed by atoms with Crippen LogP contribution < -0.4 is 19.6 Å². The zero-order valence-electron chi connectivity index (χ0n) is 19.4. The summed E-state index contributed by atoms with van der Waals surface area (Å²) in [6, 6.07) is 15.6. The van der Waals surface area contributed by atoms with Crippen molar-refractivity contribution in [2.75, 3.05) is 6.61 Å². The Bertz CT molecular complexity index is 1440. The van der Waals surface area contributed by atoms with Gasteiger partial charge in [-0.05, 0) is 61.4 Å². The van der Waals surface area contributed by atoms with Gasteiger partial charge in [0.15, 0.2) is 5.82 Å². The number of ether oxygens (including phenoxy) is 2. The molecule has 4 aromatic rings. The first-order chi connectivity index (χ1) is 16.6. The van der Waals surface area contributed by atoms with E-state index < -0.39 is 0 Å². The van der Waals surface area contributed by atoms with Crippen molar-refractivity contribution >= 4 is 28.4 Å². The maximum Gasteiger partial charge on any atom is 0.291 e. The van der Waals surface area contributed by atoms with E-state index in [4.69, 9.17) is 9.47 Å².